The van der Waals surface area contributed by atoms with Gasteiger partial charge in [-0.3, -0.25) is 0 Å². The van der Waals surface area contributed by atoms with Crippen molar-refractivity contribution < 1.29 is 13.2 Å². The van der Waals surface area contributed by atoms with Crippen LogP contribution in [0.5, 0.6) is 5.75 Å². The lowest BCUT2D eigenvalue weighted by Crippen LogP contribution is -2.19. The van der Waals surface area contributed by atoms with E-state index in [4.69, 9.17) is 10.5 Å². The molecule has 0 aliphatic carbocycles. The summed E-state index contributed by atoms with van der Waals surface area (Å²) in [6.07, 6.45) is 1.69. The summed E-state index contributed by atoms with van der Waals surface area (Å²) in [5, 5.41) is 0. The highest BCUT2D eigenvalue weighted by Crippen LogP contribution is 2.27. The summed E-state index contributed by atoms with van der Waals surface area (Å²) in [6, 6.07) is 5.08. The van der Waals surface area contributed by atoms with Gasteiger partial charge in [-0.2, -0.15) is 0 Å². The molecule has 0 spiro atoms. The lowest BCUT2D eigenvalue weighted by molar-refractivity contribution is 0.401. The molecule has 0 aliphatic rings. The first kappa shape index (κ1) is 13.0. The highest BCUT2D eigenvalue weighted by atomic mass is 32.2. The molecule has 0 fully saturated rings. The van der Waals surface area contributed by atoms with Crippen LogP contribution in [0.15, 0.2) is 23.1 Å². The van der Waals surface area contributed by atoms with Crippen LogP contribution < -0.4 is 10.5 Å². The zero-order chi connectivity index (χ0) is 12.3. The van der Waals surface area contributed by atoms with Crippen LogP contribution in [0.4, 0.5) is 0 Å². The summed E-state index contributed by atoms with van der Waals surface area (Å²) in [5.41, 5.74) is 6.40. The largest absolute Gasteiger partial charge is 0.495 e. The van der Waals surface area contributed by atoms with Crippen LogP contribution in [0.25, 0.3) is 0 Å². The minimum atomic E-state index is -3.30. The van der Waals surface area contributed by atoms with Gasteiger partial charge in [-0.15, -0.1) is 0 Å². The summed E-state index contributed by atoms with van der Waals surface area (Å²) in [7, 11) is -1.84. The zero-order valence-corrected chi connectivity index (χ0v) is 10.5. The van der Waals surface area contributed by atoms with Gasteiger partial charge in [0.2, 0.25) is 0 Å². The fraction of sp³-hybridized carbons (Fsp3) is 0.455. The van der Waals surface area contributed by atoms with Crippen molar-refractivity contribution >= 4 is 9.84 Å². The van der Waals surface area contributed by atoms with Crippen LogP contribution in [0.2, 0.25) is 0 Å². The highest BCUT2D eigenvalue weighted by molar-refractivity contribution is 7.90. The molecule has 16 heavy (non-hydrogen) atoms. The molecule has 4 nitrogen and oxygen atoms in total. The average molecular weight is 243 g/mol. The van der Waals surface area contributed by atoms with Gasteiger partial charge in [-0.05, 0) is 25.0 Å². The maximum atomic E-state index is 11.7. The average Bonchev–Trinajstić information content (AvgIpc) is 2.14. The Balaban J connectivity index is 3.38. The number of sulfone groups is 1. The molecule has 0 radical (unpaired) electrons. The maximum absolute atomic E-state index is 11.7. The van der Waals surface area contributed by atoms with E-state index in [1.807, 2.05) is 6.92 Å². The summed E-state index contributed by atoms with van der Waals surface area (Å²) in [6.45, 7) is 1.84. The Morgan fingerprint density at radius 2 is 2.06 bits per heavy atom. The first-order valence-electron chi connectivity index (χ1n) is 4.97. The number of hydrogen-bond donors (Lipinski definition) is 1. The second-order valence-electron chi connectivity index (χ2n) is 3.90. The number of nitrogens with two attached hydrogens (primary N) is 1. The Morgan fingerprint density at radius 3 is 2.50 bits per heavy atom. The predicted molar refractivity (Wildman–Crippen MR) is 63.5 cm³/mol. The molecule has 1 unspecified atom stereocenters. The van der Waals surface area contributed by atoms with Crippen LogP contribution in [0, 0.1) is 0 Å². The van der Waals surface area contributed by atoms with Gasteiger partial charge in [0.05, 0.1) is 7.11 Å². The van der Waals surface area contributed by atoms with Crippen molar-refractivity contribution in [2.45, 2.75) is 24.3 Å². The molecular formula is C11H17NO3S. The number of ether oxygens (including phenoxy) is 1. The van der Waals surface area contributed by atoms with Gasteiger partial charge < -0.3 is 10.5 Å². The topological polar surface area (TPSA) is 69.4 Å². The number of hydrogen-bond acceptors (Lipinski definition) is 4. The maximum Gasteiger partial charge on any atom is 0.179 e. The van der Waals surface area contributed by atoms with Crippen LogP contribution >= 0.6 is 0 Å². The van der Waals surface area contributed by atoms with Gasteiger partial charge >= 0.3 is 0 Å². The summed E-state index contributed by atoms with van der Waals surface area (Å²) >= 11 is 0. The van der Waals surface area contributed by atoms with E-state index in [2.05, 4.69) is 0 Å². The first-order chi connectivity index (χ1) is 7.36. The molecule has 0 saturated heterocycles. The molecule has 1 aromatic rings. The van der Waals surface area contributed by atoms with E-state index >= 15 is 0 Å². The van der Waals surface area contributed by atoms with E-state index in [1.165, 1.54) is 13.4 Å². The number of benzene rings is 1. The van der Waals surface area contributed by atoms with Crippen LogP contribution in [0.3, 0.4) is 0 Å². The lowest BCUT2D eigenvalue weighted by atomic mass is 10.1. The Bertz CT molecular complexity index is 466. The van der Waals surface area contributed by atoms with Gasteiger partial charge in [0.25, 0.3) is 0 Å². The molecular weight excluding hydrogens is 226 g/mol. The minimum Gasteiger partial charge on any atom is -0.495 e. The summed E-state index contributed by atoms with van der Waals surface area (Å²) in [5.74, 6) is 0.376. The van der Waals surface area contributed by atoms with E-state index < -0.39 is 9.84 Å². The second kappa shape index (κ2) is 4.84. The molecule has 90 valence electrons. The van der Waals surface area contributed by atoms with E-state index in [9.17, 15) is 8.42 Å². The molecule has 0 aliphatic heterocycles. The molecule has 0 saturated carbocycles. The standard InChI is InChI=1S/C11H17NO3S/c1-8(12)7-9-5-4-6-10(15-2)11(9)16(3,13)14/h4-6,8H,7,12H2,1-3H3. The van der Waals surface area contributed by atoms with E-state index in [1.54, 1.807) is 18.2 Å². The van der Waals surface area contributed by atoms with Crippen molar-refractivity contribution in [3.05, 3.63) is 23.8 Å². The molecule has 0 aromatic heterocycles. The van der Waals surface area contributed by atoms with E-state index in [-0.39, 0.29) is 10.9 Å². The number of rotatable bonds is 4. The molecule has 1 rings (SSSR count). The van der Waals surface area contributed by atoms with Gasteiger partial charge in [-0.25, -0.2) is 8.42 Å². The third-order valence-corrected chi connectivity index (χ3v) is 3.40. The molecule has 5 heteroatoms. The van der Waals surface area contributed by atoms with Crippen molar-refractivity contribution in [3.8, 4) is 5.75 Å². The van der Waals surface area contributed by atoms with Crippen molar-refractivity contribution in [2.24, 2.45) is 5.73 Å². The van der Waals surface area contributed by atoms with Crippen molar-refractivity contribution in [1.29, 1.82) is 0 Å². The Hall–Kier alpha value is -1.07. The van der Waals surface area contributed by atoms with Gasteiger partial charge in [-0.1, -0.05) is 12.1 Å². The van der Waals surface area contributed by atoms with Crippen molar-refractivity contribution in [2.75, 3.05) is 13.4 Å². The summed E-state index contributed by atoms with van der Waals surface area (Å²) in [4.78, 5) is 0.245. The predicted octanol–water partition coefficient (Wildman–Crippen LogP) is 0.988. The normalized spacial score (nSPS) is 13.5. The third-order valence-electron chi connectivity index (χ3n) is 2.19. The molecule has 1 aromatic carbocycles. The van der Waals surface area contributed by atoms with Gasteiger partial charge in [0, 0.05) is 12.3 Å². The molecule has 2 N–H and O–H groups in total. The van der Waals surface area contributed by atoms with Crippen LogP contribution in [0.1, 0.15) is 12.5 Å². The Morgan fingerprint density at radius 1 is 1.44 bits per heavy atom. The highest BCUT2D eigenvalue weighted by Gasteiger charge is 2.19. The fourth-order valence-corrected chi connectivity index (χ4v) is 2.79. The third kappa shape index (κ3) is 2.96. The van der Waals surface area contributed by atoms with Gasteiger partial charge in [0.1, 0.15) is 10.6 Å². The van der Waals surface area contributed by atoms with Gasteiger partial charge in [0.15, 0.2) is 9.84 Å². The number of methoxy groups -OCH3 is 1. The molecule has 0 bridgehead atoms. The minimum absolute atomic E-state index is 0.0902. The smallest absolute Gasteiger partial charge is 0.179 e. The lowest BCUT2D eigenvalue weighted by Gasteiger charge is -2.13. The van der Waals surface area contributed by atoms with Crippen LogP contribution in [-0.4, -0.2) is 27.8 Å². The SMILES string of the molecule is COc1cccc(CC(C)N)c1S(C)(=O)=O. The van der Waals surface area contributed by atoms with Crippen molar-refractivity contribution in [3.63, 3.8) is 0 Å². The molecule has 0 heterocycles. The Labute approximate surface area is 96.3 Å². The monoisotopic (exact) mass is 243 g/mol. The molecule has 1 atom stereocenters. The van der Waals surface area contributed by atoms with Crippen molar-refractivity contribution in [1.82, 2.24) is 0 Å². The first-order valence-corrected chi connectivity index (χ1v) is 6.87. The Kier molecular flexibility index (Phi) is 3.93. The zero-order valence-electron chi connectivity index (χ0n) is 9.73. The van der Waals surface area contributed by atoms with E-state index in [0.717, 1.165) is 0 Å². The van der Waals surface area contributed by atoms with Crippen LogP contribution in [-0.2, 0) is 16.3 Å². The summed E-state index contributed by atoms with van der Waals surface area (Å²) < 4.78 is 28.5. The quantitative estimate of drug-likeness (QED) is 0.856. The van der Waals surface area contributed by atoms with E-state index in [0.29, 0.717) is 17.7 Å². The second-order valence-corrected chi connectivity index (χ2v) is 5.85. The molecule has 0 amide bonds. The fourth-order valence-electron chi connectivity index (χ4n) is 1.65.